The fraction of sp³-hybridized carbons (Fsp3) is 0.429. The second kappa shape index (κ2) is 4.85. The van der Waals surface area contributed by atoms with E-state index >= 15 is 0 Å². The molecule has 1 aromatic rings. The Bertz CT molecular complexity index is 528. The van der Waals surface area contributed by atoms with Crippen molar-refractivity contribution in [3.63, 3.8) is 0 Å². The molecule has 2 aliphatic rings. The summed E-state index contributed by atoms with van der Waals surface area (Å²) in [5, 5.41) is 3.49. The molecule has 1 heterocycles. The van der Waals surface area contributed by atoms with Crippen LogP contribution in [0.3, 0.4) is 0 Å². The van der Waals surface area contributed by atoms with Crippen LogP contribution in [0.2, 0.25) is 5.02 Å². The number of hydrogen-bond acceptors (Lipinski definition) is 2. The summed E-state index contributed by atoms with van der Waals surface area (Å²) in [4.78, 5) is 25.9. The van der Waals surface area contributed by atoms with E-state index in [4.69, 9.17) is 11.6 Å². The Morgan fingerprint density at radius 1 is 1.32 bits per heavy atom. The maximum absolute atomic E-state index is 12.3. The molecule has 1 aliphatic heterocycles. The van der Waals surface area contributed by atoms with Gasteiger partial charge in [-0.2, -0.15) is 0 Å². The highest BCUT2D eigenvalue weighted by Crippen LogP contribution is 2.28. The minimum Gasteiger partial charge on any atom is -0.353 e. The molecule has 1 aromatic carbocycles. The van der Waals surface area contributed by atoms with Crippen LogP contribution in [-0.2, 0) is 9.59 Å². The quantitative estimate of drug-likeness (QED) is 0.860. The van der Waals surface area contributed by atoms with Gasteiger partial charge in [0, 0.05) is 23.3 Å². The van der Waals surface area contributed by atoms with Crippen LogP contribution < -0.4 is 10.2 Å². The van der Waals surface area contributed by atoms with Gasteiger partial charge < -0.3 is 10.2 Å². The van der Waals surface area contributed by atoms with E-state index < -0.39 is 5.92 Å². The minimum absolute atomic E-state index is 0.125. The highest BCUT2D eigenvalue weighted by Gasteiger charge is 2.39. The summed E-state index contributed by atoms with van der Waals surface area (Å²) in [7, 11) is 0. The third-order valence-electron chi connectivity index (χ3n) is 3.57. The fourth-order valence-electron chi connectivity index (χ4n) is 2.35. The fourth-order valence-corrected chi connectivity index (χ4v) is 2.54. The van der Waals surface area contributed by atoms with Crippen molar-refractivity contribution in [3.8, 4) is 0 Å². The van der Waals surface area contributed by atoms with Gasteiger partial charge in [-0.25, -0.2) is 0 Å². The highest BCUT2D eigenvalue weighted by molar-refractivity contribution is 6.31. The van der Waals surface area contributed by atoms with Gasteiger partial charge in [0.1, 0.15) is 5.92 Å². The largest absolute Gasteiger partial charge is 0.353 e. The van der Waals surface area contributed by atoms with E-state index in [1.54, 1.807) is 17.0 Å². The summed E-state index contributed by atoms with van der Waals surface area (Å²) < 4.78 is 0. The van der Waals surface area contributed by atoms with Gasteiger partial charge in [0.05, 0.1) is 0 Å². The van der Waals surface area contributed by atoms with Gasteiger partial charge in [-0.3, -0.25) is 9.59 Å². The topological polar surface area (TPSA) is 49.4 Å². The van der Waals surface area contributed by atoms with Crippen LogP contribution in [0.25, 0.3) is 0 Å². The van der Waals surface area contributed by atoms with E-state index in [9.17, 15) is 9.59 Å². The van der Waals surface area contributed by atoms with E-state index in [2.05, 4.69) is 5.32 Å². The van der Waals surface area contributed by atoms with E-state index in [-0.39, 0.29) is 11.8 Å². The first-order valence-corrected chi connectivity index (χ1v) is 6.90. The standard InChI is InChI=1S/C14H15ClN2O2/c15-9-2-1-3-11(8-9)17-7-6-12(14(17)19)13(18)16-10-4-5-10/h1-3,8,10,12H,4-7H2,(H,16,18). The van der Waals surface area contributed by atoms with Crippen molar-refractivity contribution in [1.29, 1.82) is 0 Å². The van der Waals surface area contributed by atoms with Crippen LogP contribution >= 0.6 is 11.6 Å². The molecule has 19 heavy (non-hydrogen) atoms. The predicted molar refractivity (Wildman–Crippen MR) is 73.1 cm³/mol. The van der Waals surface area contributed by atoms with Gasteiger partial charge >= 0.3 is 0 Å². The molecule has 0 spiro atoms. The van der Waals surface area contributed by atoms with Crippen molar-refractivity contribution in [3.05, 3.63) is 29.3 Å². The van der Waals surface area contributed by atoms with Crippen molar-refractivity contribution in [2.45, 2.75) is 25.3 Å². The normalized spacial score (nSPS) is 22.7. The zero-order valence-electron chi connectivity index (χ0n) is 10.4. The third kappa shape index (κ3) is 2.59. The molecule has 0 aromatic heterocycles. The molecule has 4 nitrogen and oxygen atoms in total. The van der Waals surface area contributed by atoms with Crippen molar-refractivity contribution in [2.24, 2.45) is 5.92 Å². The van der Waals surface area contributed by atoms with Gasteiger partial charge in [0.15, 0.2) is 0 Å². The average molecular weight is 279 g/mol. The highest BCUT2D eigenvalue weighted by atomic mass is 35.5. The van der Waals surface area contributed by atoms with Crippen LogP contribution in [0.15, 0.2) is 24.3 Å². The molecule has 1 aliphatic carbocycles. The molecule has 0 radical (unpaired) electrons. The van der Waals surface area contributed by atoms with Crippen molar-refractivity contribution < 1.29 is 9.59 Å². The summed E-state index contributed by atoms with van der Waals surface area (Å²) in [5.41, 5.74) is 0.763. The third-order valence-corrected chi connectivity index (χ3v) is 3.80. The smallest absolute Gasteiger partial charge is 0.239 e. The number of nitrogens with one attached hydrogen (secondary N) is 1. The van der Waals surface area contributed by atoms with E-state index in [1.807, 2.05) is 12.1 Å². The molecule has 100 valence electrons. The second-order valence-corrected chi connectivity index (χ2v) is 5.53. The average Bonchev–Trinajstić information content (AvgIpc) is 3.10. The van der Waals surface area contributed by atoms with Crippen LogP contribution in [0.4, 0.5) is 5.69 Å². The maximum atomic E-state index is 12.3. The molecule has 1 unspecified atom stereocenters. The Morgan fingerprint density at radius 2 is 2.11 bits per heavy atom. The Kier molecular flexibility index (Phi) is 3.19. The summed E-state index contributed by atoms with van der Waals surface area (Å²) >= 11 is 5.93. The summed E-state index contributed by atoms with van der Waals surface area (Å²) in [6, 6.07) is 7.46. The van der Waals surface area contributed by atoms with Crippen molar-refractivity contribution in [1.82, 2.24) is 5.32 Å². The summed E-state index contributed by atoms with van der Waals surface area (Å²) in [6.45, 7) is 0.571. The van der Waals surface area contributed by atoms with Gasteiger partial charge in [-0.15, -0.1) is 0 Å². The molecular weight excluding hydrogens is 264 g/mol. The number of amides is 2. The molecule has 1 N–H and O–H groups in total. The zero-order chi connectivity index (χ0) is 13.4. The molecule has 0 bridgehead atoms. The first kappa shape index (κ1) is 12.5. The lowest BCUT2D eigenvalue weighted by Crippen LogP contribution is -2.37. The Labute approximate surface area is 116 Å². The second-order valence-electron chi connectivity index (χ2n) is 5.09. The number of nitrogens with zero attached hydrogens (tertiary/aromatic N) is 1. The summed E-state index contributed by atoms with van der Waals surface area (Å²) in [5.74, 6) is -0.794. The molecule has 1 saturated heterocycles. The molecule has 3 rings (SSSR count). The Balaban J connectivity index is 1.72. The number of anilines is 1. The van der Waals surface area contributed by atoms with E-state index in [0.29, 0.717) is 24.0 Å². The summed E-state index contributed by atoms with van der Waals surface area (Å²) in [6.07, 6.45) is 2.64. The van der Waals surface area contributed by atoms with E-state index in [1.165, 1.54) is 0 Å². The molecule has 2 amide bonds. The van der Waals surface area contributed by atoms with Crippen molar-refractivity contribution in [2.75, 3.05) is 11.4 Å². The number of halogens is 1. The Morgan fingerprint density at radius 3 is 2.79 bits per heavy atom. The minimum atomic E-state index is -0.542. The van der Waals surface area contributed by atoms with Gasteiger partial charge in [-0.05, 0) is 37.5 Å². The molecule has 2 fully saturated rings. The van der Waals surface area contributed by atoms with Crippen LogP contribution in [-0.4, -0.2) is 24.4 Å². The molecule has 1 atom stereocenters. The lowest BCUT2D eigenvalue weighted by molar-refractivity contribution is -0.132. The number of carbonyl (C=O) groups excluding carboxylic acids is 2. The zero-order valence-corrected chi connectivity index (χ0v) is 11.2. The van der Waals surface area contributed by atoms with Crippen LogP contribution in [0, 0.1) is 5.92 Å². The van der Waals surface area contributed by atoms with Crippen molar-refractivity contribution >= 4 is 29.1 Å². The lowest BCUT2D eigenvalue weighted by Gasteiger charge is -2.17. The molecule has 1 saturated carbocycles. The first-order valence-electron chi connectivity index (χ1n) is 6.52. The first-order chi connectivity index (χ1) is 9.15. The maximum Gasteiger partial charge on any atom is 0.239 e. The van der Waals surface area contributed by atoms with Gasteiger partial charge in [0.25, 0.3) is 0 Å². The predicted octanol–water partition coefficient (Wildman–Crippen LogP) is 1.97. The Hall–Kier alpha value is -1.55. The van der Waals surface area contributed by atoms with Gasteiger partial charge in [0.2, 0.25) is 11.8 Å². The monoisotopic (exact) mass is 278 g/mol. The number of carbonyl (C=O) groups is 2. The van der Waals surface area contributed by atoms with Gasteiger partial charge in [-0.1, -0.05) is 17.7 Å². The molecular formula is C14H15ClN2O2. The van der Waals surface area contributed by atoms with Crippen LogP contribution in [0.1, 0.15) is 19.3 Å². The van der Waals surface area contributed by atoms with Crippen LogP contribution in [0.5, 0.6) is 0 Å². The number of benzene rings is 1. The number of rotatable bonds is 3. The lowest BCUT2D eigenvalue weighted by atomic mass is 10.1. The number of hydrogen-bond donors (Lipinski definition) is 1. The van der Waals surface area contributed by atoms with E-state index in [0.717, 1.165) is 18.5 Å². The molecule has 5 heteroatoms. The SMILES string of the molecule is O=C(NC1CC1)C1CCN(c2cccc(Cl)c2)C1=O.